The topological polar surface area (TPSA) is 69.6 Å². The van der Waals surface area contributed by atoms with Crippen LogP contribution in [0, 0.1) is 12.8 Å². The van der Waals surface area contributed by atoms with Gasteiger partial charge in [-0.25, -0.2) is 9.59 Å². The minimum absolute atomic E-state index is 0.117. The van der Waals surface area contributed by atoms with Gasteiger partial charge in [-0.05, 0) is 44.2 Å². The number of aromatic carboxylic acids is 1. The monoisotopic (exact) mass is 276 g/mol. The number of nitrogens with zero attached hydrogens (tertiary/aromatic N) is 1. The third kappa shape index (κ3) is 2.92. The summed E-state index contributed by atoms with van der Waals surface area (Å²) in [6.07, 6.45) is 2.31. The Kier molecular flexibility index (Phi) is 3.97. The average molecular weight is 276 g/mol. The van der Waals surface area contributed by atoms with Gasteiger partial charge in [0, 0.05) is 13.1 Å². The van der Waals surface area contributed by atoms with Gasteiger partial charge in [-0.15, -0.1) is 0 Å². The van der Waals surface area contributed by atoms with Crippen LogP contribution in [-0.4, -0.2) is 35.1 Å². The molecule has 1 atom stereocenters. The summed E-state index contributed by atoms with van der Waals surface area (Å²) >= 11 is 0. The second-order valence-corrected chi connectivity index (χ2v) is 5.42. The van der Waals surface area contributed by atoms with Gasteiger partial charge in [0.15, 0.2) is 0 Å². The van der Waals surface area contributed by atoms with Crippen molar-refractivity contribution in [1.29, 1.82) is 0 Å². The molecule has 0 heterocycles. The summed E-state index contributed by atoms with van der Waals surface area (Å²) in [5, 5.41) is 11.9. The number of carboxylic acid groups (broad SMARTS) is 1. The molecule has 2 N–H and O–H groups in total. The number of aryl methyl sites for hydroxylation is 1. The number of amides is 2. The number of rotatable bonds is 4. The molecule has 108 valence electrons. The highest BCUT2D eigenvalue weighted by Crippen LogP contribution is 2.35. The Balaban J connectivity index is 2.16. The molecule has 1 aliphatic carbocycles. The number of carbonyl (C=O) groups excluding carboxylic acids is 1. The van der Waals surface area contributed by atoms with Crippen LogP contribution >= 0.6 is 0 Å². The van der Waals surface area contributed by atoms with Crippen molar-refractivity contribution in [3.8, 4) is 0 Å². The lowest BCUT2D eigenvalue weighted by Gasteiger charge is -2.25. The van der Waals surface area contributed by atoms with Gasteiger partial charge in [0.2, 0.25) is 0 Å². The lowest BCUT2D eigenvalue weighted by atomic mass is 10.1. The molecule has 5 nitrogen and oxygen atoms in total. The van der Waals surface area contributed by atoms with E-state index in [1.807, 2.05) is 6.92 Å². The third-order valence-electron chi connectivity index (χ3n) is 3.97. The lowest BCUT2D eigenvalue weighted by Crippen LogP contribution is -2.39. The molecule has 5 heteroatoms. The van der Waals surface area contributed by atoms with Gasteiger partial charge >= 0.3 is 12.0 Å². The van der Waals surface area contributed by atoms with E-state index in [-0.39, 0.29) is 17.6 Å². The van der Waals surface area contributed by atoms with Gasteiger partial charge in [0.1, 0.15) is 0 Å². The zero-order chi connectivity index (χ0) is 14.9. The standard InChI is InChI=1S/C15H20N2O3/c1-9-5-4-6-12(14(18)19)13(9)16-15(20)17(3)10(2)11-7-8-11/h4-6,10-11H,7-8H2,1-3H3,(H,16,20)(H,18,19). The van der Waals surface area contributed by atoms with Crippen molar-refractivity contribution in [3.63, 3.8) is 0 Å². The van der Waals surface area contributed by atoms with Crippen LogP contribution in [0.15, 0.2) is 18.2 Å². The predicted molar refractivity (Wildman–Crippen MR) is 77.1 cm³/mol. The molecule has 0 saturated heterocycles. The number of nitrogens with one attached hydrogen (secondary N) is 1. The SMILES string of the molecule is Cc1cccc(C(=O)O)c1NC(=O)N(C)C(C)C1CC1. The number of urea groups is 1. The van der Waals surface area contributed by atoms with E-state index in [0.717, 1.165) is 18.4 Å². The Morgan fingerprint density at radius 3 is 2.60 bits per heavy atom. The largest absolute Gasteiger partial charge is 0.478 e. The quantitative estimate of drug-likeness (QED) is 0.888. The minimum atomic E-state index is -1.04. The fourth-order valence-corrected chi connectivity index (χ4v) is 2.29. The molecule has 2 rings (SSSR count). The Morgan fingerprint density at radius 1 is 1.40 bits per heavy atom. The van der Waals surface area contributed by atoms with E-state index in [0.29, 0.717) is 11.6 Å². The van der Waals surface area contributed by atoms with Crippen molar-refractivity contribution in [2.75, 3.05) is 12.4 Å². The van der Waals surface area contributed by atoms with Crippen molar-refractivity contribution in [1.82, 2.24) is 4.90 Å². The van der Waals surface area contributed by atoms with Crippen LogP contribution in [0.4, 0.5) is 10.5 Å². The van der Waals surface area contributed by atoms with Crippen molar-refractivity contribution in [2.45, 2.75) is 32.7 Å². The second kappa shape index (κ2) is 5.53. The van der Waals surface area contributed by atoms with Crippen molar-refractivity contribution >= 4 is 17.7 Å². The molecule has 1 aromatic carbocycles. The fraction of sp³-hybridized carbons (Fsp3) is 0.467. The molecule has 1 aromatic rings. The van der Waals surface area contributed by atoms with Gasteiger partial charge < -0.3 is 15.3 Å². The zero-order valence-corrected chi connectivity index (χ0v) is 12.0. The van der Waals surface area contributed by atoms with Gasteiger partial charge in [-0.3, -0.25) is 0 Å². The van der Waals surface area contributed by atoms with Gasteiger partial charge in [-0.1, -0.05) is 12.1 Å². The van der Waals surface area contributed by atoms with Crippen LogP contribution in [0.2, 0.25) is 0 Å². The number of hydrogen-bond donors (Lipinski definition) is 2. The molecular weight excluding hydrogens is 256 g/mol. The molecule has 1 fully saturated rings. The summed E-state index contributed by atoms with van der Waals surface area (Å²) in [6, 6.07) is 4.86. The molecule has 0 aliphatic heterocycles. The molecule has 0 spiro atoms. The third-order valence-corrected chi connectivity index (χ3v) is 3.97. The first-order chi connectivity index (χ1) is 9.41. The average Bonchev–Trinajstić information content (AvgIpc) is 3.23. The van der Waals surface area contributed by atoms with E-state index >= 15 is 0 Å². The van der Waals surface area contributed by atoms with Gasteiger partial charge in [0.05, 0.1) is 11.3 Å². The van der Waals surface area contributed by atoms with Crippen LogP contribution in [-0.2, 0) is 0 Å². The van der Waals surface area contributed by atoms with Gasteiger partial charge in [0.25, 0.3) is 0 Å². The van der Waals surface area contributed by atoms with Crippen LogP contribution in [0.5, 0.6) is 0 Å². The van der Waals surface area contributed by atoms with E-state index in [2.05, 4.69) is 5.32 Å². The van der Waals surface area contributed by atoms with Crippen LogP contribution < -0.4 is 5.32 Å². The summed E-state index contributed by atoms with van der Waals surface area (Å²) in [4.78, 5) is 25.1. The molecular formula is C15H20N2O3. The maximum absolute atomic E-state index is 12.2. The van der Waals surface area contributed by atoms with Crippen molar-refractivity contribution < 1.29 is 14.7 Å². The van der Waals surface area contributed by atoms with Crippen molar-refractivity contribution in [2.24, 2.45) is 5.92 Å². The predicted octanol–water partition coefficient (Wildman–Crippen LogP) is 2.96. The highest BCUT2D eigenvalue weighted by atomic mass is 16.4. The first kappa shape index (κ1) is 14.4. The number of hydrogen-bond acceptors (Lipinski definition) is 2. The molecule has 2 amide bonds. The first-order valence-electron chi connectivity index (χ1n) is 6.78. The summed E-state index contributed by atoms with van der Waals surface area (Å²) < 4.78 is 0. The molecule has 1 aliphatic rings. The summed E-state index contributed by atoms with van der Waals surface area (Å²) in [6.45, 7) is 3.81. The Morgan fingerprint density at radius 2 is 2.05 bits per heavy atom. The fourth-order valence-electron chi connectivity index (χ4n) is 2.29. The normalized spacial score (nSPS) is 15.6. The van der Waals surface area contributed by atoms with E-state index in [1.165, 1.54) is 6.07 Å². The maximum atomic E-state index is 12.2. The smallest absolute Gasteiger partial charge is 0.337 e. The number of anilines is 1. The van der Waals surface area contributed by atoms with Gasteiger partial charge in [-0.2, -0.15) is 0 Å². The number of benzene rings is 1. The molecule has 0 bridgehead atoms. The molecule has 0 radical (unpaired) electrons. The Labute approximate surface area is 118 Å². The minimum Gasteiger partial charge on any atom is -0.478 e. The molecule has 1 unspecified atom stereocenters. The summed E-state index contributed by atoms with van der Waals surface area (Å²) in [5.74, 6) is -0.469. The Bertz CT molecular complexity index is 538. The highest BCUT2D eigenvalue weighted by Gasteiger charge is 2.32. The van der Waals surface area contributed by atoms with Crippen LogP contribution in [0.1, 0.15) is 35.7 Å². The van der Waals surface area contributed by atoms with E-state index in [9.17, 15) is 14.7 Å². The van der Waals surface area contributed by atoms with Crippen LogP contribution in [0.25, 0.3) is 0 Å². The van der Waals surface area contributed by atoms with E-state index in [4.69, 9.17) is 0 Å². The first-order valence-corrected chi connectivity index (χ1v) is 6.78. The van der Waals surface area contributed by atoms with E-state index < -0.39 is 5.97 Å². The number of carboxylic acids is 1. The molecule has 1 saturated carbocycles. The molecule has 0 aromatic heterocycles. The number of carbonyl (C=O) groups is 2. The number of para-hydroxylation sites is 1. The van der Waals surface area contributed by atoms with Crippen LogP contribution in [0.3, 0.4) is 0 Å². The van der Waals surface area contributed by atoms with E-state index in [1.54, 1.807) is 31.0 Å². The second-order valence-electron chi connectivity index (χ2n) is 5.42. The zero-order valence-electron chi connectivity index (χ0n) is 12.0. The Hall–Kier alpha value is -2.04. The summed E-state index contributed by atoms with van der Waals surface area (Å²) in [7, 11) is 1.75. The highest BCUT2D eigenvalue weighted by molar-refractivity contribution is 6.01. The molecule has 20 heavy (non-hydrogen) atoms. The maximum Gasteiger partial charge on any atom is 0.337 e. The lowest BCUT2D eigenvalue weighted by molar-refractivity contribution is 0.0698. The summed E-state index contributed by atoms with van der Waals surface area (Å²) in [5.41, 5.74) is 1.23. The van der Waals surface area contributed by atoms with Crippen molar-refractivity contribution in [3.05, 3.63) is 29.3 Å².